The van der Waals surface area contributed by atoms with E-state index in [1.165, 1.54) is 4.31 Å². The molecule has 2 amide bonds. The molecule has 0 unspecified atom stereocenters. The van der Waals surface area contributed by atoms with Crippen LogP contribution in [0.3, 0.4) is 0 Å². The van der Waals surface area contributed by atoms with E-state index in [2.05, 4.69) is 10.5 Å². The highest BCUT2D eigenvalue weighted by molar-refractivity contribution is 7.89. The van der Waals surface area contributed by atoms with E-state index in [-0.39, 0.29) is 24.0 Å². The third kappa shape index (κ3) is 3.25. The van der Waals surface area contributed by atoms with Crippen molar-refractivity contribution in [3.63, 3.8) is 0 Å². The van der Waals surface area contributed by atoms with Gasteiger partial charge in [-0.15, -0.1) is 0 Å². The third-order valence-corrected chi connectivity index (χ3v) is 5.76. The van der Waals surface area contributed by atoms with Crippen molar-refractivity contribution < 1.29 is 17.7 Å². The van der Waals surface area contributed by atoms with Crippen LogP contribution in [-0.2, 0) is 10.0 Å². The summed E-state index contributed by atoms with van der Waals surface area (Å²) in [7, 11) is -3.63. The first-order valence-corrected chi connectivity index (χ1v) is 8.77. The predicted molar refractivity (Wildman–Crippen MR) is 80.0 cm³/mol. The largest absolute Gasteiger partial charge is 0.360 e. The number of aryl methyl sites for hydroxylation is 2. The summed E-state index contributed by atoms with van der Waals surface area (Å²) in [6.45, 7) is 7.08. The van der Waals surface area contributed by atoms with Crippen molar-refractivity contribution in [3.05, 3.63) is 11.5 Å². The monoisotopic (exact) mass is 330 g/mol. The number of hydrogen-bond donors (Lipinski definition) is 1. The van der Waals surface area contributed by atoms with Crippen molar-refractivity contribution in [1.82, 2.24) is 19.7 Å². The second-order valence-corrected chi connectivity index (χ2v) is 7.15. The van der Waals surface area contributed by atoms with Gasteiger partial charge in [0.1, 0.15) is 10.6 Å². The van der Waals surface area contributed by atoms with Crippen LogP contribution >= 0.6 is 0 Å². The lowest BCUT2D eigenvalue weighted by molar-refractivity contribution is 0.172. The topological polar surface area (TPSA) is 95.8 Å². The molecule has 1 N–H and O–H groups in total. The van der Waals surface area contributed by atoms with Crippen LogP contribution in [0.1, 0.15) is 24.8 Å². The van der Waals surface area contributed by atoms with Crippen molar-refractivity contribution in [1.29, 1.82) is 0 Å². The fourth-order valence-corrected chi connectivity index (χ4v) is 4.16. The van der Waals surface area contributed by atoms with E-state index < -0.39 is 10.0 Å². The highest BCUT2D eigenvalue weighted by Gasteiger charge is 2.34. The van der Waals surface area contributed by atoms with E-state index in [9.17, 15) is 13.2 Å². The van der Waals surface area contributed by atoms with E-state index in [4.69, 9.17) is 4.52 Å². The van der Waals surface area contributed by atoms with Gasteiger partial charge in [0.15, 0.2) is 5.76 Å². The second-order valence-electron chi connectivity index (χ2n) is 5.28. The number of hydrogen-bond acceptors (Lipinski definition) is 5. The summed E-state index contributed by atoms with van der Waals surface area (Å²) in [6.07, 6.45) is 0.867. The molecule has 0 saturated carbocycles. The summed E-state index contributed by atoms with van der Waals surface area (Å²) >= 11 is 0. The van der Waals surface area contributed by atoms with E-state index in [1.807, 2.05) is 6.92 Å². The standard InChI is InChI=1S/C13H22N4O4S/c1-4-5-14-13(18)16-6-8-17(9-7-16)22(19,20)12-10(2)15-21-11(12)3/h4-9H2,1-3H3,(H,14,18). The summed E-state index contributed by atoms with van der Waals surface area (Å²) in [5.74, 6) is 0.292. The number of carbonyl (C=O) groups excluding carboxylic acids is 1. The molecule has 22 heavy (non-hydrogen) atoms. The van der Waals surface area contributed by atoms with Gasteiger partial charge >= 0.3 is 6.03 Å². The lowest BCUT2D eigenvalue weighted by Crippen LogP contribution is -2.53. The Balaban J connectivity index is 2.04. The molecule has 124 valence electrons. The zero-order chi connectivity index (χ0) is 16.3. The van der Waals surface area contributed by atoms with Crippen LogP contribution in [0.5, 0.6) is 0 Å². The van der Waals surface area contributed by atoms with E-state index in [0.29, 0.717) is 31.1 Å². The third-order valence-electron chi connectivity index (χ3n) is 3.62. The molecular formula is C13H22N4O4S. The Morgan fingerprint density at radius 2 is 1.91 bits per heavy atom. The minimum Gasteiger partial charge on any atom is -0.360 e. The van der Waals surface area contributed by atoms with Crippen LogP contribution in [0, 0.1) is 13.8 Å². The van der Waals surface area contributed by atoms with Gasteiger partial charge in [-0.05, 0) is 20.3 Å². The highest BCUT2D eigenvalue weighted by atomic mass is 32.2. The quantitative estimate of drug-likeness (QED) is 0.877. The molecule has 0 radical (unpaired) electrons. The molecule has 0 bridgehead atoms. The van der Waals surface area contributed by atoms with E-state index >= 15 is 0 Å². The van der Waals surface area contributed by atoms with Gasteiger partial charge in [-0.25, -0.2) is 13.2 Å². The lowest BCUT2D eigenvalue weighted by atomic mass is 10.4. The maximum atomic E-state index is 12.6. The number of rotatable bonds is 4. The maximum Gasteiger partial charge on any atom is 0.317 e. The van der Waals surface area contributed by atoms with Gasteiger partial charge in [0.05, 0.1) is 0 Å². The van der Waals surface area contributed by atoms with Crippen molar-refractivity contribution in [2.45, 2.75) is 32.1 Å². The summed E-state index contributed by atoms with van der Waals surface area (Å²) in [6, 6.07) is -0.142. The number of amides is 2. The Hall–Kier alpha value is -1.61. The molecule has 0 atom stereocenters. The Morgan fingerprint density at radius 1 is 1.27 bits per heavy atom. The average molecular weight is 330 g/mol. The van der Waals surface area contributed by atoms with Crippen LogP contribution in [0.25, 0.3) is 0 Å². The Kier molecular flexibility index (Phi) is 5.07. The molecule has 8 nitrogen and oxygen atoms in total. The number of sulfonamides is 1. The number of aromatic nitrogens is 1. The Morgan fingerprint density at radius 3 is 2.41 bits per heavy atom. The molecule has 1 aliphatic rings. The second kappa shape index (κ2) is 6.66. The number of piperazine rings is 1. The number of carbonyl (C=O) groups is 1. The fourth-order valence-electron chi connectivity index (χ4n) is 2.45. The number of nitrogens with zero attached hydrogens (tertiary/aromatic N) is 3. The first-order valence-electron chi connectivity index (χ1n) is 7.33. The van der Waals surface area contributed by atoms with Crippen LogP contribution < -0.4 is 5.32 Å². The van der Waals surface area contributed by atoms with E-state index in [1.54, 1.807) is 18.7 Å². The predicted octanol–water partition coefficient (Wildman–Crippen LogP) is 0.717. The molecule has 1 aromatic rings. The lowest BCUT2D eigenvalue weighted by Gasteiger charge is -2.33. The van der Waals surface area contributed by atoms with Gasteiger partial charge < -0.3 is 14.7 Å². The minimum atomic E-state index is -3.63. The first kappa shape index (κ1) is 16.8. The number of urea groups is 1. The van der Waals surface area contributed by atoms with Gasteiger partial charge in [-0.2, -0.15) is 4.31 Å². The summed E-state index contributed by atoms with van der Waals surface area (Å²) in [5.41, 5.74) is 0.362. The normalized spacial score (nSPS) is 16.8. The van der Waals surface area contributed by atoms with E-state index in [0.717, 1.165) is 6.42 Å². The zero-order valence-corrected chi connectivity index (χ0v) is 13.9. The molecule has 1 aliphatic heterocycles. The molecule has 2 rings (SSSR count). The van der Waals surface area contributed by atoms with Gasteiger partial charge in [-0.3, -0.25) is 0 Å². The van der Waals surface area contributed by atoms with Crippen molar-refractivity contribution in [2.24, 2.45) is 0 Å². The highest BCUT2D eigenvalue weighted by Crippen LogP contribution is 2.24. The summed E-state index contributed by atoms with van der Waals surface area (Å²) in [4.78, 5) is 13.6. The molecule has 0 aromatic carbocycles. The number of nitrogens with one attached hydrogen (secondary N) is 1. The molecule has 0 spiro atoms. The first-order chi connectivity index (χ1) is 10.4. The molecule has 1 aromatic heterocycles. The van der Waals surface area contributed by atoms with Crippen molar-refractivity contribution >= 4 is 16.1 Å². The van der Waals surface area contributed by atoms with Gasteiger partial charge in [0.25, 0.3) is 0 Å². The minimum absolute atomic E-state index is 0.136. The molecular weight excluding hydrogens is 308 g/mol. The molecule has 9 heteroatoms. The zero-order valence-electron chi connectivity index (χ0n) is 13.1. The van der Waals surface area contributed by atoms with Gasteiger partial charge in [-0.1, -0.05) is 12.1 Å². The fraction of sp³-hybridized carbons (Fsp3) is 0.692. The van der Waals surface area contributed by atoms with Crippen molar-refractivity contribution in [2.75, 3.05) is 32.7 Å². The summed E-state index contributed by atoms with van der Waals surface area (Å²) < 4.78 is 31.6. The van der Waals surface area contributed by atoms with Crippen LogP contribution in [0.4, 0.5) is 4.79 Å². The molecule has 1 fully saturated rings. The van der Waals surface area contributed by atoms with Crippen LogP contribution in [0.2, 0.25) is 0 Å². The van der Waals surface area contributed by atoms with Crippen molar-refractivity contribution in [3.8, 4) is 0 Å². The Labute approximate surface area is 130 Å². The SMILES string of the molecule is CCCNC(=O)N1CCN(S(=O)(=O)c2c(C)noc2C)CC1. The Bertz CT molecular complexity index is 613. The molecule has 0 aliphatic carbocycles. The summed E-state index contributed by atoms with van der Waals surface area (Å²) in [5, 5.41) is 6.49. The van der Waals surface area contributed by atoms with Gasteiger partial charge in [0.2, 0.25) is 10.0 Å². The molecule has 1 saturated heterocycles. The maximum absolute atomic E-state index is 12.6. The molecule has 2 heterocycles. The van der Waals surface area contributed by atoms with Crippen LogP contribution in [-0.4, -0.2) is 61.5 Å². The van der Waals surface area contributed by atoms with Gasteiger partial charge in [0, 0.05) is 32.7 Å². The van der Waals surface area contributed by atoms with Crippen LogP contribution in [0.15, 0.2) is 9.42 Å². The average Bonchev–Trinajstić information content (AvgIpc) is 2.84. The smallest absolute Gasteiger partial charge is 0.317 e.